The molecule has 3 aromatic carbocycles. The molecule has 3 aromatic rings. The highest BCUT2D eigenvalue weighted by molar-refractivity contribution is 5.74. The van der Waals surface area contributed by atoms with Crippen molar-refractivity contribution < 1.29 is 5.11 Å². The minimum absolute atomic E-state index is 0.310. The van der Waals surface area contributed by atoms with Gasteiger partial charge < -0.3 is 5.11 Å². The summed E-state index contributed by atoms with van der Waals surface area (Å²) in [7, 11) is 0. The van der Waals surface area contributed by atoms with E-state index < -0.39 is 0 Å². The van der Waals surface area contributed by atoms with Crippen LogP contribution in [0.4, 0.5) is 0 Å². The minimum Gasteiger partial charge on any atom is -0.507 e. The molecular formula is C20H16O. The Hall–Kier alpha value is -2.80. The number of phenolic OH excluding ortho intramolecular Hbond substituents is 1. The molecular weight excluding hydrogens is 256 g/mol. The normalized spacial score (nSPS) is 10.9. The maximum absolute atomic E-state index is 9.87. The quantitative estimate of drug-likeness (QED) is 0.647. The van der Waals surface area contributed by atoms with E-state index >= 15 is 0 Å². The van der Waals surface area contributed by atoms with Crippen LogP contribution < -0.4 is 0 Å². The van der Waals surface area contributed by atoms with E-state index in [1.807, 2.05) is 48.5 Å². The average molecular weight is 272 g/mol. The molecule has 0 saturated carbocycles. The van der Waals surface area contributed by atoms with E-state index in [0.29, 0.717) is 5.75 Å². The van der Waals surface area contributed by atoms with Crippen LogP contribution >= 0.6 is 0 Å². The van der Waals surface area contributed by atoms with Gasteiger partial charge in [-0.3, -0.25) is 0 Å². The average Bonchev–Trinajstić information content (AvgIpc) is 2.55. The molecule has 3 rings (SSSR count). The predicted octanol–water partition coefficient (Wildman–Crippen LogP) is 5.23. The molecule has 0 fully saturated rings. The lowest BCUT2D eigenvalue weighted by atomic mass is 10.0. The third-order valence-electron chi connectivity index (χ3n) is 3.39. The van der Waals surface area contributed by atoms with E-state index in [0.717, 1.165) is 16.7 Å². The molecule has 0 aliphatic rings. The first-order valence-electron chi connectivity index (χ1n) is 6.94. The maximum atomic E-state index is 9.87. The summed E-state index contributed by atoms with van der Waals surface area (Å²) < 4.78 is 0. The lowest BCUT2D eigenvalue weighted by molar-refractivity contribution is 0.477. The van der Waals surface area contributed by atoms with Crippen LogP contribution in [-0.2, 0) is 0 Å². The minimum atomic E-state index is 0.310. The Bertz CT molecular complexity index is 740. The number of hydrogen-bond acceptors (Lipinski definition) is 1. The van der Waals surface area contributed by atoms with Crippen LogP contribution in [0.5, 0.6) is 5.75 Å². The number of aromatic hydroxyl groups is 1. The summed E-state index contributed by atoms with van der Waals surface area (Å²) in [6.45, 7) is 0. The second kappa shape index (κ2) is 6.10. The summed E-state index contributed by atoms with van der Waals surface area (Å²) in [6, 6.07) is 25.8. The first-order valence-corrected chi connectivity index (χ1v) is 6.94. The van der Waals surface area contributed by atoms with Crippen LogP contribution in [0.25, 0.3) is 23.3 Å². The van der Waals surface area contributed by atoms with Crippen LogP contribution in [0.2, 0.25) is 0 Å². The van der Waals surface area contributed by atoms with Gasteiger partial charge in [-0.05, 0) is 22.8 Å². The third-order valence-corrected chi connectivity index (χ3v) is 3.39. The van der Waals surface area contributed by atoms with Gasteiger partial charge in [0.25, 0.3) is 0 Å². The zero-order valence-corrected chi connectivity index (χ0v) is 11.6. The van der Waals surface area contributed by atoms with E-state index in [1.54, 1.807) is 6.07 Å². The standard InChI is InChI=1S/C20H16O/c21-20-9-5-4-8-19(20)18-14-12-17(13-15-18)11-10-16-6-2-1-3-7-16/h1-15,21H/b11-10+. The van der Waals surface area contributed by atoms with Crippen molar-refractivity contribution in [2.45, 2.75) is 0 Å². The zero-order valence-electron chi connectivity index (χ0n) is 11.6. The number of hydrogen-bond donors (Lipinski definition) is 1. The van der Waals surface area contributed by atoms with Crippen LogP contribution in [0, 0.1) is 0 Å². The van der Waals surface area contributed by atoms with Crippen LogP contribution in [0.3, 0.4) is 0 Å². The Balaban J connectivity index is 1.82. The highest BCUT2D eigenvalue weighted by Crippen LogP contribution is 2.28. The van der Waals surface area contributed by atoms with Crippen LogP contribution in [0.15, 0.2) is 78.9 Å². The molecule has 0 amide bonds. The second-order valence-corrected chi connectivity index (χ2v) is 4.88. The van der Waals surface area contributed by atoms with E-state index in [1.165, 1.54) is 5.56 Å². The first kappa shape index (κ1) is 13.2. The molecule has 102 valence electrons. The largest absolute Gasteiger partial charge is 0.507 e. The highest BCUT2D eigenvalue weighted by atomic mass is 16.3. The van der Waals surface area contributed by atoms with Gasteiger partial charge >= 0.3 is 0 Å². The predicted molar refractivity (Wildman–Crippen MR) is 88.9 cm³/mol. The number of para-hydroxylation sites is 1. The third kappa shape index (κ3) is 3.21. The number of rotatable bonds is 3. The monoisotopic (exact) mass is 272 g/mol. The van der Waals surface area contributed by atoms with Crippen molar-refractivity contribution in [1.29, 1.82) is 0 Å². The van der Waals surface area contributed by atoms with Crippen molar-refractivity contribution in [2.24, 2.45) is 0 Å². The summed E-state index contributed by atoms with van der Waals surface area (Å²) in [5, 5.41) is 9.87. The van der Waals surface area contributed by atoms with Gasteiger partial charge in [-0.2, -0.15) is 0 Å². The van der Waals surface area contributed by atoms with Gasteiger partial charge in [0.2, 0.25) is 0 Å². The van der Waals surface area contributed by atoms with Crippen molar-refractivity contribution in [1.82, 2.24) is 0 Å². The molecule has 0 heterocycles. The second-order valence-electron chi connectivity index (χ2n) is 4.88. The fraction of sp³-hybridized carbons (Fsp3) is 0. The van der Waals surface area contributed by atoms with Gasteiger partial charge in [-0.15, -0.1) is 0 Å². The number of benzene rings is 3. The first-order chi connectivity index (χ1) is 10.3. The Morgan fingerprint density at radius 3 is 1.81 bits per heavy atom. The lowest BCUT2D eigenvalue weighted by Gasteiger charge is -2.04. The van der Waals surface area contributed by atoms with Gasteiger partial charge in [0, 0.05) is 5.56 Å². The number of phenols is 1. The van der Waals surface area contributed by atoms with Crippen molar-refractivity contribution in [3.63, 3.8) is 0 Å². The lowest BCUT2D eigenvalue weighted by Crippen LogP contribution is -1.79. The Kier molecular flexibility index (Phi) is 3.83. The topological polar surface area (TPSA) is 20.2 Å². The molecule has 0 aromatic heterocycles. The van der Waals surface area contributed by atoms with Gasteiger partial charge in [0.1, 0.15) is 5.75 Å². The molecule has 1 nitrogen and oxygen atoms in total. The summed E-state index contributed by atoms with van der Waals surface area (Å²) >= 11 is 0. The van der Waals surface area contributed by atoms with Crippen molar-refractivity contribution in [3.8, 4) is 16.9 Å². The molecule has 0 aliphatic heterocycles. The molecule has 0 radical (unpaired) electrons. The van der Waals surface area contributed by atoms with Crippen LogP contribution in [-0.4, -0.2) is 5.11 Å². The maximum Gasteiger partial charge on any atom is 0.123 e. The fourth-order valence-electron chi connectivity index (χ4n) is 2.25. The molecule has 0 saturated heterocycles. The summed E-state index contributed by atoms with van der Waals surface area (Å²) in [5.74, 6) is 0.310. The molecule has 0 unspecified atom stereocenters. The van der Waals surface area contributed by atoms with Crippen LogP contribution in [0.1, 0.15) is 11.1 Å². The molecule has 0 atom stereocenters. The van der Waals surface area contributed by atoms with E-state index in [-0.39, 0.29) is 0 Å². The Labute approximate surface area is 124 Å². The van der Waals surface area contributed by atoms with Crippen molar-refractivity contribution >= 4 is 12.2 Å². The smallest absolute Gasteiger partial charge is 0.123 e. The molecule has 0 spiro atoms. The van der Waals surface area contributed by atoms with Gasteiger partial charge in [-0.25, -0.2) is 0 Å². The molecule has 1 heteroatoms. The summed E-state index contributed by atoms with van der Waals surface area (Å²) in [5.41, 5.74) is 4.20. The van der Waals surface area contributed by atoms with Gasteiger partial charge in [-0.1, -0.05) is 84.9 Å². The fourth-order valence-corrected chi connectivity index (χ4v) is 2.25. The van der Waals surface area contributed by atoms with Gasteiger partial charge in [0.05, 0.1) is 0 Å². The molecule has 1 N–H and O–H groups in total. The van der Waals surface area contributed by atoms with E-state index in [9.17, 15) is 5.11 Å². The highest BCUT2D eigenvalue weighted by Gasteiger charge is 2.02. The molecule has 0 bridgehead atoms. The van der Waals surface area contributed by atoms with E-state index in [2.05, 4.69) is 36.4 Å². The Morgan fingerprint density at radius 2 is 1.14 bits per heavy atom. The molecule has 0 aliphatic carbocycles. The summed E-state index contributed by atoms with van der Waals surface area (Å²) in [4.78, 5) is 0. The molecule has 21 heavy (non-hydrogen) atoms. The summed E-state index contributed by atoms with van der Waals surface area (Å²) in [6.07, 6.45) is 4.18. The zero-order chi connectivity index (χ0) is 14.5. The van der Waals surface area contributed by atoms with Crippen molar-refractivity contribution in [3.05, 3.63) is 90.0 Å². The van der Waals surface area contributed by atoms with Crippen molar-refractivity contribution in [2.75, 3.05) is 0 Å². The SMILES string of the molecule is Oc1ccccc1-c1ccc(/C=C/c2ccccc2)cc1. The van der Waals surface area contributed by atoms with E-state index in [4.69, 9.17) is 0 Å². The Morgan fingerprint density at radius 1 is 0.571 bits per heavy atom. The van der Waals surface area contributed by atoms with Gasteiger partial charge in [0.15, 0.2) is 0 Å².